The minimum atomic E-state index is -0.338. The van der Waals surface area contributed by atoms with Gasteiger partial charge in [0.2, 0.25) is 5.91 Å². The number of aromatic nitrogens is 2. The van der Waals surface area contributed by atoms with Gasteiger partial charge in [0, 0.05) is 23.0 Å². The van der Waals surface area contributed by atoms with Crippen molar-refractivity contribution in [3.63, 3.8) is 0 Å². The smallest absolute Gasteiger partial charge is 0.329 e. The molecule has 0 spiro atoms. The van der Waals surface area contributed by atoms with Gasteiger partial charge in [-0.3, -0.25) is 23.9 Å². The van der Waals surface area contributed by atoms with Crippen molar-refractivity contribution in [2.24, 2.45) is 0 Å². The number of nitrogens with one attached hydrogen (secondary N) is 2. The van der Waals surface area contributed by atoms with E-state index in [0.29, 0.717) is 35.3 Å². The third-order valence-corrected chi connectivity index (χ3v) is 7.79. The fraction of sp³-hybridized carbons (Fsp3) is 0.417. The van der Waals surface area contributed by atoms with E-state index in [4.69, 9.17) is 0 Å². The van der Waals surface area contributed by atoms with Crippen LogP contribution in [-0.2, 0) is 17.8 Å². The number of benzene rings is 1. The van der Waals surface area contributed by atoms with Crippen molar-refractivity contribution in [1.29, 1.82) is 0 Å². The van der Waals surface area contributed by atoms with E-state index in [-0.39, 0.29) is 35.6 Å². The highest BCUT2D eigenvalue weighted by atomic mass is 32.1. The Kier molecular flexibility index (Phi) is 5.88. The molecule has 0 bridgehead atoms. The first kappa shape index (κ1) is 21.6. The average Bonchev–Trinajstić information content (AvgIpc) is 3.21. The Balaban J connectivity index is 1.34. The number of rotatable bonds is 4. The van der Waals surface area contributed by atoms with Crippen molar-refractivity contribution in [3.05, 3.63) is 67.2 Å². The number of carbonyl (C=O) groups excluding carboxylic acids is 2. The highest BCUT2D eigenvalue weighted by molar-refractivity contribution is 7.18. The summed E-state index contributed by atoms with van der Waals surface area (Å²) in [6.45, 7) is 0.764. The molecule has 3 aromatic rings. The van der Waals surface area contributed by atoms with Crippen LogP contribution >= 0.6 is 11.3 Å². The molecule has 1 aromatic carbocycles. The molecule has 9 heteroatoms. The predicted molar refractivity (Wildman–Crippen MR) is 127 cm³/mol. The number of thiophene rings is 1. The highest BCUT2D eigenvalue weighted by Crippen LogP contribution is 2.33. The Morgan fingerprint density at radius 3 is 2.61 bits per heavy atom. The average molecular weight is 467 g/mol. The summed E-state index contributed by atoms with van der Waals surface area (Å²) < 4.78 is 1.42. The molecule has 2 aliphatic rings. The molecular weight excluding hydrogens is 440 g/mol. The topological polar surface area (TPSA) is 104 Å². The second kappa shape index (κ2) is 8.97. The Bertz CT molecular complexity index is 1320. The molecule has 172 valence electrons. The van der Waals surface area contributed by atoms with Crippen molar-refractivity contribution < 1.29 is 9.59 Å². The lowest BCUT2D eigenvalue weighted by Gasteiger charge is -2.27. The lowest BCUT2D eigenvalue weighted by molar-refractivity contribution is -0.130. The monoisotopic (exact) mass is 466 g/mol. The summed E-state index contributed by atoms with van der Waals surface area (Å²) >= 11 is 1.38. The van der Waals surface area contributed by atoms with Gasteiger partial charge >= 0.3 is 5.69 Å². The molecule has 1 saturated carbocycles. The second-order valence-corrected chi connectivity index (χ2v) is 9.82. The molecule has 8 nitrogen and oxygen atoms in total. The van der Waals surface area contributed by atoms with E-state index in [9.17, 15) is 19.2 Å². The number of hydrogen-bond donors (Lipinski definition) is 2. The maximum Gasteiger partial charge on any atom is 0.329 e. The zero-order valence-electron chi connectivity index (χ0n) is 18.3. The van der Waals surface area contributed by atoms with Crippen LogP contribution in [0.15, 0.2) is 39.9 Å². The lowest BCUT2D eigenvalue weighted by Crippen LogP contribution is -2.42. The minimum absolute atomic E-state index is 0.0372. The standard InChI is InChI=1S/C24H26N4O4S/c29-19(13-25-21(30)15-7-3-1-4-8-15)27-12-11-17-18(14-27)33-22-20(17)23(31)28(24(32)26-22)16-9-5-2-6-10-16/h1,3-4,7-8,16H,2,5-6,9-14H2,(H,25,30)(H,26,32). The van der Waals surface area contributed by atoms with Crippen LogP contribution < -0.4 is 16.6 Å². The van der Waals surface area contributed by atoms with Gasteiger partial charge in [0.1, 0.15) is 4.83 Å². The van der Waals surface area contributed by atoms with E-state index >= 15 is 0 Å². The second-order valence-electron chi connectivity index (χ2n) is 8.72. The molecule has 33 heavy (non-hydrogen) atoms. The van der Waals surface area contributed by atoms with Crippen molar-refractivity contribution >= 4 is 33.4 Å². The van der Waals surface area contributed by atoms with Crippen LogP contribution in [0.1, 0.15) is 58.9 Å². The molecule has 2 N–H and O–H groups in total. The van der Waals surface area contributed by atoms with Gasteiger partial charge in [0.15, 0.2) is 0 Å². The SMILES string of the molecule is O=C(NCC(=O)N1CCc2c(sc3[nH]c(=O)n(C4CCCCC4)c(=O)c23)C1)c1ccccc1. The third kappa shape index (κ3) is 4.13. The quantitative estimate of drug-likeness (QED) is 0.617. The Labute approximate surface area is 194 Å². The van der Waals surface area contributed by atoms with Gasteiger partial charge in [0.05, 0.1) is 18.5 Å². The Morgan fingerprint density at radius 1 is 1.09 bits per heavy atom. The third-order valence-electron chi connectivity index (χ3n) is 6.66. The molecular formula is C24H26N4O4S. The lowest BCUT2D eigenvalue weighted by atomic mass is 9.95. The fourth-order valence-corrected chi connectivity index (χ4v) is 6.18. The van der Waals surface area contributed by atoms with Gasteiger partial charge in [-0.05, 0) is 37.0 Å². The summed E-state index contributed by atoms with van der Waals surface area (Å²) in [4.78, 5) is 57.1. The van der Waals surface area contributed by atoms with Crippen molar-refractivity contribution in [2.75, 3.05) is 13.1 Å². The van der Waals surface area contributed by atoms with Crippen LogP contribution in [0, 0.1) is 0 Å². The van der Waals surface area contributed by atoms with Gasteiger partial charge in [0.25, 0.3) is 11.5 Å². The number of carbonyl (C=O) groups is 2. The molecule has 2 amide bonds. The normalized spacial score (nSPS) is 16.5. The highest BCUT2D eigenvalue weighted by Gasteiger charge is 2.28. The Morgan fingerprint density at radius 2 is 1.85 bits per heavy atom. The summed E-state index contributed by atoms with van der Waals surface area (Å²) in [5.74, 6) is -0.458. The van der Waals surface area contributed by atoms with Crippen LogP contribution in [0.25, 0.3) is 10.2 Å². The van der Waals surface area contributed by atoms with E-state index < -0.39 is 0 Å². The first-order chi connectivity index (χ1) is 16.0. The number of nitrogens with zero attached hydrogens (tertiary/aromatic N) is 2. The number of hydrogen-bond acceptors (Lipinski definition) is 5. The fourth-order valence-electron chi connectivity index (χ4n) is 4.93. The van der Waals surface area contributed by atoms with Crippen LogP contribution in [0.2, 0.25) is 0 Å². The number of fused-ring (bicyclic) bond motifs is 3. The first-order valence-electron chi connectivity index (χ1n) is 11.4. The summed E-state index contributed by atoms with van der Waals surface area (Å²) in [5.41, 5.74) is 0.912. The van der Waals surface area contributed by atoms with Gasteiger partial charge < -0.3 is 10.2 Å². The molecule has 0 radical (unpaired) electrons. The maximum absolute atomic E-state index is 13.3. The molecule has 1 aliphatic heterocycles. The molecule has 0 saturated heterocycles. The predicted octanol–water partition coefficient (Wildman–Crippen LogP) is 2.57. The molecule has 2 aromatic heterocycles. The molecule has 1 fully saturated rings. The van der Waals surface area contributed by atoms with Crippen molar-refractivity contribution in [1.82, 2.24) is 19.8 Å². The molecule has 3 heterocycles. The number of H-pyrrole nitrogens is 1. The van der Waals surface area contributed by atoms with Crippen molar-refractivity contribution in [2.45, 2.75) is 51.1 Å². The van der Waals surface area contributed by atoms with Crippen LogP contribution in [0.3, 0.4) is 0 Å². The number of amides is 2. The van der Waals surface area contributed by atoms with Gasteiger partial charge in [-0.15, -0.1) is 11.3 Å². The largest absolute Gasteiger partial charge is 0.343 e. The summed E-state index contributed by atoms with van der Waals surface area (Å²) in [6.07, 6.45) is 5.49. The molecule has 1 aliphatic carbocycles. The van der Waals surface area contributed by atoms with E-state index in [1.807, 2.05) is 6.07 Å². The van der Waals surface area contributed by atoms with E-state index in [2.05, 4.69) is 10.3 Å². The zero-order chi connectivity index (χ0) is 22.9. The molecule has 5 rings (SSSR count). The van der Waals surface area contributed by atoms with Gasteiger partial charge in [-0.25, -0.2) is 4.79 Å². The molecule has 0 unspecified atom stereocenters. The Hall–Kier alpha value is -3.20. The van der Waals surface area contributed by atoms with Crippen LogP contribution in [0.4, 0.5) is 0 Å². The van der Waals surface area contributed by atoms with Crippen LogP contribution in [-0.4, -0.2) is 39.4 Å². The van der Waals surface area contributed by atoms with Crippen LogP contribution in [0.5, 0.6) is 0 Å². The summed E-state index contributed by atoms with van der Waals surface area (Å²) in [5, 5.41) is 3.28. The van der Waals surface area contributed by atoms with Gasteiger partial charge in [-0.2, -0.15) is 0 Å². The molecule has 0 atom stereocenters. The van der Waals surface area contributed by atoms with E-state index in [1.165, 1.54) is 15.9 Å². The van der Waals surface area contributed by atoms with E-state index in [1.54, 1.807) is 29.2 Å². The summed E-state index contributed by atoms with van der Waals surface area (Å²) in [7, 11) is 0. The summed E-state index contributed by atoms with van der Waals surface area (Å²) in [6, 6.07) is 8.74. The van der Waals surface area contributed by atoms with E-state index in [0.717, 1.165) is 42.5 Å². The zero-order valence-corrected chi connectivity index (χ0v) is 19.1. The number of aromatic amines is 1. The maximum atomic E-state index is 13.3. The first-order valence-corrected chi connectivity index (χ1v) is 12.2. The van der Waals surface area contributed by atoms with Gasteiger partial charge in [-0.1, -0.05) is 37.5 Å². The minimum Gasteiger partial charge on any atom is -0.343 e. The van der Waals surface area contributed by atoms with Crippen molar-refractivity contribution in [3.8, 4) is 0 Å².